The van der Waals surface area contributed by atoms with Crippen molar-refractivity contribution >= 4 is 27.6 Å². The van der Waals surface area contributed by atoms with Gasteiger partial charge in [-0.15, -0.1) is 0 Å². The number of anilines is 1. The number of hydrogen-bond acceptors (Lipinski definition) is 5. The fourth-order valence-corrected chi connectivity index (χ4v) is 6.62. The minimum atomic E-state index is -3.62. The zero-order valence-corrected chi connectivity index (χ0v) is 20.0. The molecule has 7 nitrogen and oxygen atoms in total. The minimum Gasteiger partial charge on any atom is -0.452 e. The Kier molecular flexibility index (Phi) is 6.59. The average Bonchev–Trinajstić information content (AvgIpc) is 3.12. The van der Waals surface area contributed by atoms with Crippen molar-refractivity contribution in [3.05, 3.63) is 59.7 Å². The highest BCUT2D eigenvalue weighted by Crippen LogP contribution is 2.32. The second-order valence-electron chi connectivity index (χ2n) is 9.31. The Balaban J connectivity index is 1.39. The lowest BCUT2D eigenvalue weighted by Gasteiger charge is -2.34. The first kappa shape index (κ1) is 23.4. The van der Waals surface area contributed by atoms with E-state index in [-0.39, 0.29) is 29.0 Å². The molecule has 2 aromatic carbocycles. The summed E-state index contributed by atoms with van der Waals surface area (Å²) in [6.07, 6.45) is 1.78. The predicted octanol–water partition coefficient (Wildman–Crippen LogP) is 3.49. The van der Waals surface area contributed by atoms with Crippen LogP contribution in [0.3, 0.4) is 0 Å². The SMILES string of the molecule is CC1CC(C)CN(S(=O)(=O)c2ccc(C(=O)OCC(=O)N3c4ccccc4CC3C)cc2)C1. The van der Waals surface area contributed by atoms with Crippen LogP contribution in [-0.2, 0) is 26.0 Å². The van der Waals surface area contributed by atoms with Gasteiger partial charge in [-0.1, -0.05) is 32.0 Å². The van der Waals surface area contributed by atoms with Crippen LogP contribution in [0, 0.1) is 11.8 Å². The van der Waals surface area contributed by atoms with Crippen molar-refractivity contribution in [1.29, 1.82) is 0 Å². The quantitative estimate of drug-likeness (QED) is 0.625. The lowest BCUT2D eigenvalue weighted by Crippen LogP contribution is -2.42. The number of esters is 1. The Morgan fingerprint density at radius 3 is 2.27 bits per heavy atom. The molecule has 176 valence electrons. The van der Waals surface area contributed by atoms with Gasteiger partial charge in [0.2, 0.25) is 10.0 Å². The Morgan fingerprint density at radius 1 is 0.970 bits per heavy atom. The number of hydrogen-bond donors (Lipinski definition) is 0. The second-order valence-corrected chi connectivity index (χ2v) is 11.3. The van der Waals surface area contributed by atoms with Crippen LogP contribution in [-0.4, -0.2) is 50.3 Å². The molecule has 1 amide bonds. The summed E-state index contributed by atoms with van der Waals surface area (Å²) in [6, 6.07) is 13.4. The zero-order valence-electron chi connectivity index (χ0n) is 19.2. The van der Waals surface area contributed by atoms with Crippen LogP contribution >= 0.6 is 0 Å². The number of sulfonamides is 1. The molecule has 0 bridgehead atoms. The molecule has 4 rings (SSSR count). The van der Waals surface area contributed by atoms with Crippen molar-refractivity contribution in [2.75, 3.05) is 24.6 Å². The summed E-state index contributed by atoms with van der Waals surface area (Å²) in [5.41, 5.74) is 2.15. The number of fused-ring (bicyclic) bond motifs is 1. The molecule has 2 aromatic rings. The molecule has 3 atom stereocenters. The van der Waals surface area contributed by atoms with Crippen LogP contribution < -0.4 is 4.90 Å². The first-order valence-corrected chi connectivity index (χ1v) is 12.8. The van der Waals surface area contributed by atoms with E-state index in [1.807, 2.05) is 31.2 Å². The highest BCUT2D eigenvalue weighted by Gasteiger charge is 2.32. The standard InChI is InChI=1S/C25H30N2O5S/c1-17-12-18(2)15-26(14-17)33(30,31)22-10-8-20(9-11-22)25(29)32-16-24(28)27-19(3)13-21-6-4-5-7-23(21)27/h4-11,17-19H,12-16H2,1-3H3. The zero-order chi connectivity index (χ0) is 23.8. The molecule has 33 heavy (non-hydrogen) atoms. The first-order chi connectivity index (χ1) is 15.7. The third-order valence-corrected chi connectivity index (χ3v) is 8.21. The molecule has 3 unspecified atom stereocenters. The molecule has 0 radical (unpaired) electrons. The Hall–Kier alpha value is -2.71. The minimum absolute atomic E-state index is 0.00156. The van der Waals surface area contributed by atoms with E-state index in [9.17, 15) is 18.0 Å². The van der Waals surface area contributed by atoms with Crippen LogP contribution in [0.2, 0.25) is 0 Å². The van der Waals surface area contributed by atoms with Gasteiger partial charge >= 0.3 is 5.97 Å². The molecular weight excluding hydrogens is 440 g/mol. The maximum Gasteiger partial charge on any atom is 0.338 e. The fraction of sp³-hybridized carbons (Fsp3) is 0.440. The van der Waals surface area contributed by atoms with Gasteiger partial charge in [0.1, 0.15) is 0 Å². The molecule has 0 aromatic heterocycles. The van der Waals surface area contributed by atoms with Crippen LogP contribution in [0.4, 0.5) is 5.69 Å². The topological polar surface area (TPSA) is 84.0 Å². The van der Waals surface area contributed by atoms with Gasteiger partial charge in [-0.2, -0.15) is 4.31 Å². The molecule has 1 fully saturated rings. The van der Waals surface area contributed by atoms with E-state index in [2.05, 4.69) is 13.8 Å². The van der Waals surface area contributed by atoms with Gasteiger partial charge in [0.15, 0.2) is 6.61 Å². The molecule has 2 aliphatic rings. The molecule has 0 aliphatic carbocycles. The van der Waals surface area contributed by atoms with Crippen molar-refractivity contribution in [2.45, 2.75) is 44.6 Å². The molecule has 8 heteroatoms. The summed E-state index contributed by atoms with van der Waals surface area (Å²) in [5.74, 6) is -0.331. The molecule has 0 saturated carbocycles. The lowest BCUT2D eigenvalue weighted by molar-refractivity contribution is -0.122. The number of benzene rings is 2. The van der Waals surface area contributed by atoms with Gasteiger partial charge in [-0.25, -0.2) is 13.2 Å². The largest absolute Gasteiger partial charge is 0.452 e. The van der Waals surface area contributed by atoms with E-state index in [1.165, 1.54) is 28.6 Å². The van der Waals surface area contributed by atoms with Crippen molar-refractivity contribution in [3.63, 3.8) is 0 Å². The molecule has 2 heterocycles. The van der Waals surface area contributed by atoms with E-state index in [0.717, 1.165) is 24.1 Å². The van der Waals surface area contributed by atoms with Crippen molar-refractivity contribution in [1.82, 2.24) is 4.31 Å². The van der Waals surface area contributed by atoms with Gasteiger partial charge in [-0.3, -0.25) is 4.79 Å². The van der Waals surface area contributed by atoms with Gasteiger partial charge < -0.3 is 9.64 Å². The number of rotatable bonds is 5. The highest BCUT2D eigenvalue weighted by atomic mass is 32.2. The summed E-state index contributed by atoms with van der Waals surface area (Å²) in [4.78, 5) is 27.0. The second kappa shape index (κ2) is 9.27. The fourth-order valence-electron chi connectivity index (χ4n) is 4.94. The van der Waals surface area contributed by atoms with Crippen molar-refractivity contribution < 1.29 is 22.7 Å². The lowest BCUT2D eigenvalue weighted by atomic mass is 9.94. The van der Waals surface area contributed by atoms with Crippen LogP contribution in [0.15, 0.2) is 53.4 Å². The van der Waals surface area contributed by atoms with E-state index in [1.54, 1.807) is 4.90 Å². The molecule has 2 aliphatic heterocycles. The Bertz CT molecular complexity index is 1140. The Morgan fingerprint density at radius 2 is 1.61 bits per heavy atom. The smallest absolute Gasteiger partial charge is 0.338 e. The number of carbonyl (C=O) groups excluding carboxylic acids is 2. The first-order valence-electron chi connectivity index (χ1n) is 11.3. The molecule has 1 saturated heterocycles. The van der Waals surface area contributed by atoms with Crippen molar-refractivity contribution in [2.24, 2.45) is 11.8 Å². The van der Waals surface area contributed by atoms with E-state index >= 15 is 0 Å². The average molecular weight is 471 g/mol. The van der Waals surface area contributed by atoms with Crippen molar-refractivity contribution in [3.8, 4) is 0 Å². The third-order valence-electron chi connectivity index (χ3n) is 6.37. The molecular formula is C25H30N2O5S. The molecule has 0 N–H and O–H groups in total. The van der Waals surface area contributed by atoms with Crippen LogP contribution in [0.25, 0.3) is 0 Å². The summed E-state index contributed by atoms with van der Waals surface area (Å²) < 4.78 is 32.8. The third kappa shape index (κ3) is 4.82. The van der Waals surface area contributed by atoms with E-state index < -0.39 is 16.0 Å². The normalized spacial score (nSPS) is 23.2. The van der Waals surface area contributed by atoms with E-state index in [0.29, 0.717) is 24.9 Å². The highest BCUT2D eigenvalue weighted by molar-refractivity contribution is 7.89. The summed E-state index contributed by atoms with van der Waals surface area (Å²) in [6.45, 7) is 6.69. The van der Waals surface area contributed by atoms with E-state index in [4.69, 9.17) is 4.74 Å². The summed E-state index contributed by atoms with van der Waals surface area (Å²) in [5, 5.41) is 0. The number of amides is 1. The van der Waals surface area contributed by atoms with Crippen LogP contribution in [0.5, 0.6) is 0 Å². The number of carbonyl (C=O) groups is 2. The number of para-hydroxylation sites is 1. The Labute approximate surface area is 195 Å². The van der Waals surface area contributed by atoms with Gasteiger partial charge in [0.05, 0.1) is 10.5 Å². The number of ether oxygens (including phenoxy) is 1. The van der Waals surface area contributed by atoms with Crippen LogP contribution in [0.1, 0.15) is 43.1 Å². The van der Waals surface area contributed by atoms with Gasteiger partial charge in [0, 0.05) is 24.8 Å². The van der Waals surface area contributed by atoms with Gasteiger partial charge in [-0.05, 0) is 67.5 Å². The molecule has 0 spiro atoms. The maximum absolute atomic E-state index is 13.0. The monoisotopic (exact) mass is 470 g/mol. The predicted molar refractivity (Wildman–Crippen MR) is 126 cm³/mol. The summed E-state index contributed by atoms with van der Waals surface area (Å²) >= 11 is 0. The summed E-state index contributed by atoms with van der Waals surface area (Å²) in [7, 11) is -3.62. The number of piperidine rings is 1. The maximum atomic E-state index is 13.0. The number of nitrogens with zero attached hydrogens (tertiary/aromatic N) is 2. The van der Waals surface area contributed by atoms with Gasteiger partial charge in [0.25, 0.3) is 5.91 Å².